The molecular formula is C6H7BrN2O2S. The summed E-state index contributed by atoms with van der Waals surface area (Å²) in [5, 5.41) is 4.90. The van der Waals surface area contributed by atoms with Gasteiger partial charge < -0.3 is 5.73 Å². The summed E-state index contributed by atoms with van der Waals surface area (Å²) in [6.07, 6.45) is 0. The molecule has 0 aliphatic rings. The number of rotatable bonds is 1. The molecule has 0 unspecified atom stereocenters. The first-order chi connectivity index (χ1) is 5.41. The SMILES string of the molecule is Nc1ccc(Br)cc1S(N)(=O)=O. The lowest BCUT2D eigenvalue weighted by Gasteiger charge is -2.02. The molecule has 0 fully saturated rings. The standard InChI is InChI=1S/C6H7BrN2O2S/c7-4-1-2-5(8)6(3-4)12(9,10)11/h1-3H,8H2,(H2,9,10,11). The Balaban J connectivity index is 3.43. The molecule has 0 heterocycles. The van der Waals surface area contributed by atoms with Crippen molar-refractivity contribution in [3.05, 3.63) is 22.7 Å². The third-order valence-electron chi connectivity index (χ3n) is 1.28. The van der Waals surface area contributed by atoms with Crippen molar-refractivity contribution < 1.29 is 8.42 Å². The highest BCUT2D eigenvalue weighted by Gasteiger charge is 2.11. The first kappa shape index (κ1) is 9.50. The molecular weight excluding hydrogens is 244 g/mol. The Hall–Kier alpha value is -0.590. The Morgan fingerprint density at radius 1 is 1.33 bits per heavy atom. The van der Waals surface area contributed by atoms with Crippen molar-refractivity contribution in [2.24, 2.45) is 5.14 Å². The number of sulfonamides is 1. The van der Waals surface area contributed by atoms with Crippen molar-refractivity contribution in [2.45, 2.75) is 4.90 Å². The smallest absolute Gasteiger partial charge is 0.240 e. The molecule has 1 aromatic rings. The summed E-state index contributed by atoms with van der Waals surface area (Å²) in [5.41, 5.74) is 5.55. The van der Waals surface area contributed by atoms with E-state index in [2.05, 4.69) is 15.9 Å². The number of nitrogens with two attached hydrogens (primary N) is 2. The number of hydrogen-bond donors (Lipinski definition) is 2. The van der Waals surface area contributed by atoms with Crippen LogP contribution in [0.5, 0.6) is 0 Å². The van der Waals surface area contributed by atoms with Crippen LogP contribution in [-0.4, -0.2) is 8.42 Å². The molecule has 66 valence electrons. The number of halogens is 1. The molecule has 0 saturated heterocycles. The highest BCUT2D eigenvalue weighted by Crippen LogP contribution is 2.21. The van der Waals surface area contributed by atoms with Crippen LogP contribution in [0.1, 0.15) is 0 Å². The average Bonchev–Trinajstić information content (AvgIpc) is 1.92. The van der Waals surface area contributed by atoms with E-state index in [-0.39, 0.29) is 10.6 Å². The number of hydrogen-bond acceptors (Lipinski definition) is 3. The molecule has 0 radical (unpaired) electrons. The normalized spacial score (nSPS) is 11.5. The van der Waals surface area contributed by atoms with E-state index in [1.54, 1.807) is 6.07 Å². The van der Waals surface area contributed by atoms with Crippen LogP contribution in [0.3, 0.4) is 0 Å². The van der Waals surface area contributed by atoms with Crippen molar-refractivity contribution in [3.63, 3.8) is 0 Å². The van der Waals surface area contributed by atoms with E-state index in [0.717, 1.165) is 0 Å². The molecule has 12 heavy (non-hydrogen) atoms. The Morgan fingerprint density at radius 2 is 1.92 bits per heavy atom. The van der Waals surface area contributed by atoms with Gasteiger partial charge in [-0.05, 0) is 18.2 Å². The molecule has 1 rings (SSSR count). The predicted octanol–water partition coefficient (Wildman–Crippen LogP) is 0.679. The molecule has 0 spiro atoms. The van der Waals surface area contributed by atoms with Gasteiger partial charge in [0.2, 0.25) is 10.0 Å². The Bertz CT molecular complexity index is 402. The van der Waals surface area contributed by atoms with Crippen LogP contribution in [0.15, 0.2) is 27.6 Å². The molecule has 0 saturated carbocycles. The number of anilines is 1. The van der Waals surface area contributed by atoms with Gasteiger partial charge in [-0.25, -0.2) is 13.6 Å². The number of primary sulfonamides is 1. The predicted molar refractivity (Wildman–Crippen MR) is 49.9 cm³/mol. The van der Waals surface area contributed by atoms with Crippen molar-refractivity contribution in [1.29, 1.82) is 0 Å². The molecule has 4 N–H and O–H groups in total. The Kier molecular flexibility index (Phi) is 2.41. The van der Waals surface area contributed by atoms with Crippen LogP contribution in [0, 0.1) is 0 Å². The molecule has 0 atom stereocenters. The van der Waals surface area contributed by atoms with Gasteiger partial charge in [-0.3, -0.25) is 0 Å². The molecule has 0 bridgehead atoms. The van der Waals surface area contributed by atoms with Crippen LogP contribution in [0.4, 0.5) is 5.69 Å². The first-order valence-corrected chi connectivity index (χ1v) is 5.33. The van der Waals surface area contributed by atoms with Gasteiger partial charge in [-0.1, -0.05) is 15.9 Å². The maximum absolute atomic E-state index is 10.9. The van der Waals surface area contributed by atoms with Gasteiger partial charge in [0.1, 0.15) is 4.90 Å². The lowest BCUT2D eigenvalue weighted by atomic mass is 10.3. The van der Waals surface area contributed by atoms with Gasteiger partial charge in [-0.2, -0.15) is 0 Å². The molecule has 1 aromatic carbocycles. The van der Waals surface area contributed by atoms with Crippen LogP contribution < -0.4 is 10.9 Å². The molecule has 0 amide bonds. The largest absolute Gasteiger partial charge is 0.398 e. The Labute approximate surface area is 78.7 Å². The second-order valence-corrected chi connectivity index (χ2v) is 4.67. The second-order valence-electron chi connectivity index (χ2n) is 2.23. The Morgan fingerprint density at radius 3 is 2.33 bits per heavy atom. The van der Waals surface area contributed by atoms with E-state index >= 15 is 0 Å². The zero-order valence-corrected chi connectivity index (χ0v) is 8.39. The zero-order chi connectivity index (χ0) is 9.35. The van der Waals surface area contributed by atoms with Crippen LogP contribution in [0.25, 0.3) is 0 Å². The molecule has 0 aromatic heterocycles. The van der Waals surface area contributed by atoms with Gasteiger partial charge in [0, 0.05) is 4.47 Å². The fraction of sp³-hybridized carbons (Fsp3) is 0. The lowest BCUT2D eigenvalue weighted by Crippen LogP contribution is -2.14. The van der Waals surface area contributed by atoms with Crippen LogP contribution >= 0.6 is 15.9 Å². The van der Waals surface area contributed by atoms with E-state index in [0.29, 0.717) is 4.47 Å². The highest BCUT2D eigenvalue weighted by atomic mass is 79.9. The van der Waals surface area contributed by atoms with E-state index in [9.17, 15) is 8.42 Å². The zero-order valence-electron chi connectivity index (χ0n) is 5.99. The fourth-order valence-corrected chi connectivity index (χ4v) is 1.96. The monoisotopic (exact) mass is 250 g/mol. The third kappa shape index (κ3) is 1.96. The van der Waals surface area contributed by atoms with Crippen molar-refractivity contribution in [2.75, 3.05) is 5.73 Å². The van der Waals surface area contributed by atoms with Crippen LogP contribution in [-0.2, 0) is 10.0 Å². The summed E-state index contributed by atoms with van der Waals surface area (Å²) in [4.78, 5) is -0.0584. The topological polar surface area (TPSA) is 86.2 Å². The first-order valence-electron chi connectivity index (χ1n) is 2.99. The molecule has 0 aliphatic heterocycles. The maximum Gasteiger partial charge on any atom is 0.240 e. The summed E-state index contributed by atoms with van der Waals surface area (Å²) in [6, 6.07) is 4.48. The minimum atomic E-state index is -3.71. The van der Waals surface area contributed by atoms with Gasteiger partial charge in [0.05, 0.1) is 5.69 Å². The van der Waals surface area contributed by atoms with E-state index in [4.69, 9.17) is 10.9 Å². The van der Waals surface area contributed by atoms with Gasteiger partial charge >= 0.3 is 0 Å². The summed E-state index contributed by atoms with van der Waals surface area (Å²) >= 11 is 3.11. The minimum absolute atomic E-state index is 0.0584. The van der Waals surface area contributed by atoms with E-state index in [1.807, 2.05) is 0 Å². The van der Waals surface area contributed by atoms with Crippen molar-refractivity contribution in [3.8, 4) is 0 Å². The lowest BCUT2D eigenvalue weighted by molar-refractivity contribution is 0.598. The minimum Gasteiger partial charge on any atom is -0.398 e. The van der Waals surface area contributed by atoms with E-state index in [1.165, 1.54) is 12.1 Å². The summed E-state index contributed by atoms with van der Waals surface area (Å²) in [5.74, 6) is 0. The van der Waals surface area contributed by atoms with Gasteiger partial charge in [0.15, 0.2) is 0 Å². The molecule has 0 aliphatic carbocycles. The molecule has 4 nitrogen and oxygen atoms in total. The van der Waals surface area contributed by atoms with E-state index < -0.39 is 10.0 Å². The van der Waals surface area contributed by atoms with Crippen molar-refractivity contribution in [1.82, 2.24) is 0 Å². The molecule has 6 heteroatoms. The summed E-state index contributed by atoms with van der Waals surface area (Å²) in [7, 11) is -3.71. The maximum atomic E-state index is 10.9. The second kappa shape index (κ2) is 3.04. The summed E-state index contributed by atoms with van der Waals surface area (Å²) < 4.78 is 22.4. The summed E-state index contributed by atoms with van der Waals surface area (Å²) in [6.45, 7) is 0. The van der Waals surface area contributed by atoms with Gasteiger partial charge in [0.25, 0.3) is 0 Å². The van der Waals surface area contributed by atoms with Crippen molar-refractivity contribution >= 4 is 31.6 Å². The highest BCUT2D eigenvalue weighted by molar-refractivity contribution is 9.10. The average molecular weight is 251 g/mol. The number of nitrogen functional groups attached to an aromatic ring is 1. The van der Waals surface area contributed by atoms with Crippen LogP contribution in [0.2, 0.25) is 0 Å². The number of benzene rings is 1. The quantitative estimate of drug-likeness (QED) is 0.719. The van der Waals surface area contributed by atoms with Gasteiger partial charge in [-0.15, -0.1) is 0 Å². The third-order valence-corrected chi connectivity index (χ3v) is 2.74. The fourth-order valence-electron chi connectivity index (χ4n) is 0.755.